The maximum atomic E-state index is 14.2. The average Bonchev–Trinajstić information content (AvgIpc) is 3.75. The van der Waals surface area contributed by atoms with Crippen LogP contribution in [0.1, 0.15) is 87.0 Å². The molecule has 69 heavy (non-hydrogen) atoms. The highest BCUT2D eigenvalue weighted by Gasteiger charge is 2.42. The van der Waals surface area contributed by atoms with Crippen molar-refractivity contribution >= 4 is 85.1 Å². The number of hydrogen-bond donors (Lipinski definition) is 14. The zero-order valence-corrected chi connectivity index (χ0v) is 41.5. The first kappa shape index (κ1) is 61.8. The molecule has 0 radical (unpaired) electrons. The van der Waals surface area contributed by atoms with Gasteiger partial charge in [-0.05, 0) is 55.9 Å². The van der Waals surface area contributed by atoms with Crippen LogP contribution in [0, 0.1) is 17.8 Å². The summed E-state index contributed by atoms with van der Waals surface area (Å²) in [6.07, 6.45) is 0.491. The molecule has 1 aliphatic rings. The third-order valence-corrected chi connectivity index (χ3v) is 12.0. The van der Waals surface area contributed by atoms with Crippen LogP contribution in [0.3, 0.4) is 0 Å². The van der Waals surface area contributed by atoms with E-state index in [2.05, 4.69) is 36.4 Å². The molecule has 0 aromatic rings. The van der Waals surface area contributed by atoms with Crippen molar-refractivity contribution in [1.29, 1.82) is 0 Å². The van der Waals surface area contributed by atoms with Gasteiger partial charge in [-0.15, -0.1) is 0 Å². The van der Waals surface area contributed by atoms with Crippen LogP contribution in [0.2, 0.25) is 0 Å². The molecule has 0 saturated carbocycles. The second-order valence-corrected chi connectivity index (χ2v) is 19.4. The molecule has 0 aromatic carbocycles. The summed E-state index contributed by atoms with van der Waals surface area (Å²) in [7, 11) is -4.83. The van der Waals surface area contributed by atoms with Crippen LogP contribution in [-0.4, -0.2) is 180 Å². The van der Waals surface area contributed by atoms with Gasteiger partial charge in [0, 0.05) is 6.54 Å². The monoisotopic (exact) mass is 1030 g/mol. The van der Waals surface area contributed by atoms with E-state index >= 15 is 0 Å². The molecule has 1 heterocycles. The predicted octanol–water partition coefficient (Wildman–Crippen LogP) is -3.47. The first-order valence-corrected chi connectivity index (χ1v) is 25.0. The molecule has 15 N–H and O–H groups in total. The minimum atomic E-state index is -4.83. The summed E-state index contributed by atoms with van der Waals surface area (Å²) in [6.45, 7) is 10.1. The average molecular weight is 1030 g/mol. The Morgan fingerprint density at radius 3 is 1.62 bits per heavy atom. The van der Waals surface area contributed by atoms with E-state index in [1.165, 1.54) is 37.4 Å². The Morgan fingerprint density at radius 1 is 0.667 bits per heavy atom. The van der Waals surface area contributed by atoms with Crippen molar-refractivity contribution in [2.45, 2.75) is 141 Å². The first-order valence-electron chi connectivity index (χ1n) is 22.0. The zero-order valence-electron chi connectivity index (χ0n) is 39.8. The number of carboxylic acid groups (broad SMARTS) is 3. The summed E-state index contributed by atoms with van der Waals surface area (Å²) in [6, 6.07) is -13.2. The maximum Gasteiger partial charge on any atom is 0.567 e. The number of likely N-dealkylation sites (tertiary alicyclic amines) is 1. The summed E-state index contributed by atoms with van der Waals surface area (Å²) in [4.78, 5) is 171. The van der Waals surface area contributed by atoms with Gasteiger partial charge in [0.25, 0.3) is 0 Å². The molecule has 392 valence electrons. The van der Waals surface area contributed by atoms with Gasteiger partial charge in [-0.2, -0.15) is 31.0 Å². The number of carbonyl (C=O) groups is 11. The lowest BCUT2D eigenvalue weighted by atomic mass is 9.96. The van der Waals surface area contributed by atoms with Crippen LogP contribution < -0.4 is 43.0 Å². The highest BCUT2D eigenvalue weighted by atomic mass is 32.2. The number of thioether (sulfide) groups is 1. The fourth-order valence-corrected chi connectivity index (χ4v) is 7.53. The number of nitrogens with one attached hydrogen (secondary N) is 7. The van der Waals surface area contributed by atoms with Gasteiger partial charge in [0.05, 0.1) is 12.8 Å². The number of carboxylic acids is 3. The fourth-order valence-electron chi connectivity index (χ4n) is 6.70. The summed E-state index contributed by atoms with van der Waals surface area (Å²) in [5.74, 6) is -13.5. The van der Waals surface area contributed by atoms with Crippen molar-refractivity contribution in [1.82, 2.24) is 42.1 Å². The smallest absolute Gasteiger partial charge is 0.481 e. The van der Waals surface area contributed by atoms with Crippen LogP contribution in [0.15, 0.2) is 0 Å². The quantitative estimate of drug-likeness (QED) is 0.0311. The summed E-state index contributed by atoms with van der Waals surface area (Å²) < 4.78 is 4.26. The number of hydrogen-bond acceptors (Lipinski definition) is 17. The molecule has 0 aromatic heterocycles. The third-order valence-electron chi connectivity index (χ3n) is 10.9. The molecule has 0 spiro atoms. The maximum absolute atomic E-state index is 14.2. The van der Waals surface area contributed by atoms with Crippen molar-refractivity contribution in [3.8, 4) is 0 Å². The summed E-state index contributed by atoms with van der Waals surface area (Å²) in [5, 5.41) is 45.0. The molecule has 27 nitrogen and oxygen atoms in total. The molecule has 10 atom stereocenters. The Balaban J connectivity index is 3.32. The zero-order chi connectivity index (χ0) is 53.1. The molecule has 1 fully saturated rings. The molecule has 1 saturated heterocycles. The lowest BCUT2D eigenvalue weighted by Crippen LogP contribution is -2.61. The topological polar surface area (TPSA) is 432 Å². The standard InChI is InChI=1S/C40H68N9O18PS/c1-9-20(6)31(38(60)42-21(7)40(62)63)48-37(59)29(18(2)3)46-33(55)23(12-14-69-8)43-36(58)26-11-10-13-49(26)39(61)30(19(4)5)47-35(57)25(16-28(52)53)45-34(56)24(15-27(50)51)44-32(54)22(41)17-67-68(64,65)66/h18-26,29-31,64-66H,9-17,41H2,1-8H3,(H9-,42,43,44,45,46,47,48,50,51,52,53,54,55,56,57,58,59,60,62,63)/p+1/t20-,21-,22-,23-,24-,25-,26-,29-,30-,31-/m0/s1. The lowest BCUT2D eigenvalue weighted by Gasteiger charge is -2.32. The van der Waals surface area contributed by atoms with Crippen LogP contribution in [-0.2, 0) is 57.3 Å². The van der Waals surface area contributed by atoms with E-state index in [-0.39, 0.29) is 19.4 Å². The third kappa shape index (κ3) is 21.1. The number of nitrogens with two attached hydrogens (primary N) is 1. The van der Waals surface area contributed by atoms with E-state index in [1.807, 2.05) is 5.32 Å². The minimum Gasteiger partial charge on any atom is -0.481 e. The number of rotatable bonds is 30. The van der Waals surface area contributed by atoms with Crippen molar-refractivity contribution in [2.24, 2.45) is 23.5 Å². The highest BCUT2D eigenvalue weighted by Crippen LogP contribution is 2.45. The number of carbonyl (C=O) groups excluding carboxylic acids is 8. The first-order chi connectivity index (χ1) is 31.9. The molecule has 0 bridgehead atoms. The van der Waals surface area contributed by atoms with E-state index in [4.69, 9.17) is 20.4 Å². The molecule has 0 unspecified atom stereocenters. The summed E-state index contributed by atoms with van der Waals surface area (Å²) >= 11 is 1.36. The van der Waals surface area contributed by atoms with E-state index in [9.17, 15) is 68.1 Å². The highest BCUT2D eigenvalue weighted by molar-refractivity contribution is 7.98. The van der Waals surface area contributed by atoms with Gasteiger partial charge >= 0.3 is 26.1 Å². The van der Waals surface area contributed by atoms with E-state index < -0.39 is 165 Å². The van der Waals surface area contributed by atoms with Gasteiger partial charge in [0.2, 0.25) is 47.3 Å². The van der Waals surface area contributed by atoms with Gasteiger partial charge in [0.15, 0.2) is 0 Å². The molecule has 1 rings (SSSR count). The van der Waals surface area contributed by atoms with Crippen molar-refractivity contribution < 1.29 is 87.3 Å². The number of aliphatic carboxylic acids is 3. The lowest BCUT2D eigenvalue weighted by molar-refractivity contribution is -0.145. The van der Waals surface area contributed by atoms with Gasteiger partial charge in [-0.3, -0.25) is 52.7 Å². The fraction of sp³-hybridized carbons (Fsp3) is 0.725. The van der Waals surface area contributed by atoms with Crippen LogP contribution in [0.5, 0.6) is 0 Å². The SMILES string of the molecule is CC[C@H](C)[C@H](NC(=O)[C@@H](NC(=O)[C@H](CCSC)NC(=O)[C@@H]1CCCN1C(=O)[C@@H](NC(=O)[C@H](CC(=O)O)NC(=O)[C@H](CC(=O)O)NC(=O)[C@@H](N)CO[P+](O)(O)O)C(C)C)C(C)C)C(=O)N[C@@H](C)C(=O)O. The number of nitrogens with zero attached hydrogens (tertiary/aromatic N) is 1. The van der Waals surface area contributed by atoms with Gasteiger partial charge in [-0.1, -0.05) is 48.0 Å². The Morgan fingerprint density at radius 2 is 1.14 bits per heavy atom. The van der Waals surface area contributed by atoms with E-state index in [1.54, 1.807) is 34.0 Å². The molecule has 0 aliphatic carbocycles. The van der Waals surface area contributed by atoms with Crippen molar-refractivity contribution in [3.05, 3.63) is 0 Å². The van der Waals surface area contributed by atoms with Gasteiger partial charge in [0.1, 0.15) is 61.0 Å². The second-order valence-electron chi connectivity index (χ2n) is 17.2. The molecular formula is C40H69N9O18PS+. The Hall–Kier alpha value is -5.25. The minimum absolute atomic E-state index is 0.0140. The molecule has 1 aliphatic heterocycles. The number of amides is 8. The molecule has 8 amide bonds. The van der Waals surface area contributed by atoms with E-state index in [0.717, 1.165) is 0 Å². The Kier molecular flexibility index (Phi) is 26.0. The largest absolute Gasteiger partial charge is 0.567 e. The predicted molar refractivity (Wildman–Crippen MR) is 246 cm³/mol. The Labute approximate surface area is 403 Å². The Bertz CT molecular complexity index is 1860. The molecular weight excluding hydrogens is 958 g/mol. The van der Waals surface area contributed by atoms with Crippen molar-refractivity contribution in [3.63, 3.8) is 0 Å². The van der Waals surface area contributed by atoms with Gasteiger partial charge in [-0.25, -0.2) is 0 Å². The second kappa shape index (κ2) is 29.1. The normalized spacial score (nSPS) is 17.7. The van der Waals surface area contributed by atoms with Crippen LogP contribution >= 0.6 is 19.9 Å². The molecule has 29 heteroatoms. The summed E-state index contributed by atoms with van der Waals surface area (Å²) in [5.41, 5.74) is 5.56. The van der Waals surface area contributed by atoms with E-state index in [0.29, 0.717) is 18.6 Å². The van der Waals surface area contributed by atoms with Gasteiger partial charge < -0.3 is 63.2 Å². The van der Waals surface area contributed by atoms with Crippen LogP contribution in [0.4, 0.5) is 0 Å². The van der Waals surface area contributed by atoms with Crippen molar-refractivity contribution in [2.75, 3.05) is 25.2 Å². The van der Waals surface area contributed by atoms with Crippen LogP contribution in [0.25, 0.3) is 0 Å².